The first kappa shape index (κ1) is 17.7. The zero-order chi connectivity index (χ0) is 15.4. The average Bonchev–Trinajstić information content (AvgIpc) is 3.20. The first-order chi connectivity index (χ1) is 10.8. The Bertz CT molecular complexity index is 656. The molecule has 1 saturated carbocycles. The minimum atomic E-state index is -0.238. The Kier molecular flexibility index (Phi) is 6.38. The number of ether oxygens (including phenoxy) is 1. The van der Waals surface area contributed by atoms with Crippen LogP contribution in [0.15, 0.2) is 29.6 Å². The van der Waals surface area contributed by atoms with Gasteiger partial charge in [-0.1, -0.05) is 12.1 Å². The number of nitrogens with two attached hydrogens (primary N) is 1. The summed E-state index contributed by atoms with van der Waals surface area (Å²) in [5, 5.41) is 5.35. The van der Waals surface area contributed by atoms with E-state index in [-0.39, 0.29) is 24.4 Å². The van der Waals surface area contributed by atoms with Crippen LogP contribution in [0.25, 0.3) is 0 Å². The van der Waals surface area contributed by atoms with Crippen molar-refractivity contribution in [2.45, 2.75) is 38.3 Å². The summed E-state index contributed by atoms with van der Waals surface area (Å²) in [4.78, 5) is 16.5. The number of carbonyl (C=O) groups is 1. The third-order valence-corrected chi connectivity index (χ3v) is 4.56. The monoisotopic (exact) mass is 353 g/mol. The van der Waals surface area contributed by atoms with Crippen LogP contribution in [0, 0.1) is 0 Å². The predicted molar refractivity (Wildman–Crippen MR) is 94.5 cm³/mol. The zero-order valence-electron chi connectivity index (χ0n) is 12.7. The van der Waals surface area contributed by atoms with Gasteiger partial charge in [-0.05, 0) is 37.8 Å². The van der Waals surface area contributed by atoms with Crippen molar-refractivity contribution in [2.24, 2.45) is 5.73 Å². The molecule has 0 radical (unpaired) electrons. The second kappa shape index (κ2) is 8.29. The summed E-state index contributed by atoms with van der Waals surface area (Å²) in [6.45, 7) is 0.347. The van der Waals surface area contributed by atoms with E-state index in [2.05, 4.69) is 10.3 Å². The molecule has 0 aliphatic heterocycles. The van der Waals surface area contributed by atoms with Crippen LogP contribution in [-0.2, 0) is 6.54 Å². The fourth-order valence-corrected chi connectivity index (χ4v) is 3.21. The maximum Gasteiger partial charge on any atom is 0.275 e. The highest BCUT2D eigenvalue weighted by Crippen LogP contribution is 2.30. The number of rotatable bonds is 5. The molecule has 0 unspecified atom stereocenters. The fraction of sp³-hybridized carbons (Fsp3) is 0.375. The van der Waals surface area contributed by atoms with Gasteiger partial charge in [-0.25, -0.2) is 4.98 Å². The van der Waals surface area contributed by atoms with Crippen LogP contribution in [0.3, 0.4) is 0 Å². The van der Waals surface area contributed by atoms with Gasteiger partial charge in [0.25, 0.3) is 5.91 Å². The van der Waals surface area contributed by atoms with Crippen molar-refractivity contribution in [1.82, 2.24) is 4.98 Å². The Morgan fingerprint density at radius 3 is 2.78 bits per heavy atom. The van der Waals surface area contributed by atoms with Crippen molar-refractivity contribution in [2.75, 3.05) is 5.32 Å². The Morgan fingerprint density at radius 2 is 2.09 bits per heavy atom. The molecular formula is C16H20ClN3O2S. The molecule has 1 heterocycles. The number of nitrogens with zero attached hydrogens (tertiary/aromatic N) is 1. The highest BCUT2D eigenvalue weighted by atomic mass is 35.5. The molecule has 1 amide bonds. The standard InChI is InChI=1S/C16H19N3O2S.ClH/c17-9-15-18-13(10-22-15)16(20)19-12-7-3-4-8-14(12)21-11-5-1-2-6-11;/h3-4,7-8,10-11H,1-2,5-6,9,17H2,(H,19,20);1H. The maximum atomic E-state index is 12.3. The summed E-state index contributed by atoms with van der Waals surface area (Å²) in [6, 6.07) is 7.53. The topological polar surface area (TPSA) is 77.2 Å². The Hall–Kier alpha value is -1.63. The number of hydrogen-bond acceptors (Lipinski definition) is 5. The van der Waals surface area contributed by atoms with E-state index >= 15 is 0 Å². The van der Waals surface area contributed by atoms with Crippen LogP contribution in [0.4, 0.5) is 5.69 Å². The first-order valence-corrected chi connectivity index (χ1v) is 8.35. The molecule has 124 valence electrons. The van der Waals surface area contributed by atoms with Gasteiger partial charge in [0, 0.05) is 11.9 Å². The summed E-state index contributed by atoms with van der Waals surface area (Å²) >= 11 is 1.39. The number of nitrogens with one attached hydrogen (secondary N) is 1. The van der Waals surface area contributed by atoms with E-state index in [0.29, 0.717) is 17.9 Å². The minimum absolute atomic E-state index is 0. The molecule has 0 atom stereocenters. The average molecular weight is 354 g/mol. The molecule has 3 rings (SSSR count). The summed E-state index contributed by atoms with van der Waals surface area (Å²) < 4.78 is 6.02. The van der Waals surface area contributed by atoms with Crippen molar-refractivity contribution < 1.29 is 9.53 Å². The second-order valence-corrected chi connectivity index (χ2v) is 6.25. The lowest BCUT2D eigenvalue weighted by atomic mass is 10.2. The maximum absolute atomic E-state index is 12.3. The van der Waals surface area contributed by atoms with Gasteiger partial charge < -0.3 is 15.8 Å². The van der Waals surface area contributed by atoms with Crippen molar-refractivity contribution >= 4 is 35.3 Å². The number of halogens is 1. The molecule has 2 aromatic rings. The van der Waals surface area contributed by atoms with E-state index in [9.17, 15) is 4.79 Å². The molecule has 0 saturated heterocycles. The lowest BCUT2D eigenvalue weighted by Crippen LogP contribution is -2.16. The molecule has 1 aromatic carbocycles. The third-order valence-electron chi connectivity index (χ3n) is 3.69. The number of hydrogen-bond donors (Lipinski definition) is 2. The Labute approximate surface area is 145 Å². The Morgan fingerprint density at radius 1 is 1.35 bits per heavy atom. The molecule has 3 N–H and O–H groups in total. The van der Waals surface area contributed by atoms with Crippen molar-refractivity contribution in [3.8, 4) is 5.75 Å². The van der Waals surface area contributed by atoms with Gasteiger partial charge in [-0.2, -0.15) is 0 Å². The van der Waals surface area contributed by atoms with E-state index in [1.54, 1.807) is 5.38 Å². The van der Waals surface area contributed by atoms with Crippen LogP contribution in [-0.4, -0.2) is 17.0 Å². The third kappa shape index (κ3) is 4.43. The number of para-hydroxylation sites is 2. The molecule has 1 aliphatic rings. The fourth-order valence-electron chi connectivity index (χ4n) is 2.55. The summed E-state index contributed by atoms with van der Waals surface area (Å²) in [6.07, 6.45) is 4.82. The van der Waals surface area contributed by atoms with Crippen molar-refractivity contribution in [3.63, 3.8) is 0 Å². The van der Waals surface area contributed by atoms with E-state index in [1.807, 2.05) is 24.3 Å². The van der Waals surface area contributed by atoms with Gasteiger partial charge in [0.15, 0.2) is 0 Å². The first-order valence-electron chi connectivity index (χ1n) is 7.48. The molecular weight excluding hydrogens is 334 g/mol. The van der Waals surface area contributed by atoms with Gasteiger partial charge in [0.2, 0.25) is 0 Å². The molecule has 23 heavy (non-hydrogen) atoms. The largest absolute Gasteiger partial charge is 0.488 e. The molecule has 1 aliphatic carbocycles. The highest BCUT2D eigenvalue weighted by molar-refractivity contribution is 7.09. The van der Waals surface area contributed by atoms with Crippen LogP contribution in [0.2, 0.25) is 0 Å². The van der Waals surface area contributed by atoms with E-state index in [1.165, 1.54) is 24.2 Å². The van der Waals surface area contributed by atoms with Crippen LogP contribution in [0.1, 0.15) is 41.2 Å². The highest BCUT2D eigenvalue weighted by Gasteiger charge is 2.19. The van der Waals surface area contributed by atoms with Gasteiger partial charge >= 0.3 is 0 Å². The van der Waals surface area contributed by atoms with Crippen molar-refractivity contribution in [3.05, 3.63) is 40.3 Å². The predicted octanol–water partition coefficient (Wildman–Crippen LogP) is 3.60. The molecule has 7 heteroatoms. The molecule has 1 aromatic heterocycles. The number of anilines is 1. The van der Waals surface area contributed by atoms with Crippen LogP contribution >= 0.6 is 23.7 Å². The lowest BCUT2D eigenvalue weighted by Gasteiger charge is -2.16. The van der Waals surface area contributed by atoms with Crippen molar-refractivity contribution in [1.29, 1.82) is 0 Å². The second-order valence-electron chi connectivity index (χ2n) is 5.31. The minimum Gasteiger partial charge on any atom is -0.488 e. The van der Waals surface area contributed by atoms with Gasteiger partial charge in [0.05, 0.1) is 11.8 Å². The molecule has 1 fully saturated rings. The number of aromatic nitrogens is 1. The van der Waals surface area contributed by atoms with Crippen LogP contribution < -0.4 is 15.8 Å². The quantitative estimate of drug-likeness (QED) is 0.861. The number of carbonyl (C=O) groups excluding carboxylic acids is 1. The van der Waals surface area contributed by atoms with E-state index in [4.69, 9.17) is 10.5 Å². The van der Waals surface area contributed by atoms with Gasteiger partial charge in [-0.3, -0.25) is 4.79 Å². The van der Waals surface area contributed by atoms with E-state index in [0.717, 1.165) is 23.6 Å². The number of thiazole rings is 1. The number of benzene rings is 1. The normalized spacial score (nSPS) is 14.3. The molecule has 5 nitrogen and oxygen atoms in total. The molecule has 0 spiro atoms. The molecule has 0 bridgehead atoms. The zero-order valence-corrected chi connectivity index (χ0v) is 14.3. The Balaban J connectivity index is 0.00000192. The summed E-state index contributed by atoms with van der Waals surface area (Å²) in [5.41, 5.74) is 6.60. The summed E-state index contributed by atoms with van der Waals surface area (Å²) in [7, 11) is 0. The smallest absolute Gasteiger partial charge is 0.275 e. The SMILES string of the molecule is Cl.NCc1nc(C(=O)Nc2ccccc2OC2CCCC2)cs1. The van der Waals surface area contributed by atoms with Crippen LogP contribution in [0.5, 0.6) is 5.75 Å². The van der Waals surface area contributed by atoms with Gasteiger partial charge in [-0.15, -0.1) is 23.7 Å². The van der Waals surface area contributed by atoms with E-state index < -0.39 is 0 Å². The lowest BCUT2D eigenvalue weighted by molar-refractivity contribution is 0.102. The number of amides is 1. The van der Waals surface area contributed by atoms with Gasteiger partial charge in [0.1, 0.15) is 16.5 Å². The summed E-state index contributed by atoms with van der Waals surface area (Å²) in [5.74, 6) is 0.482.